The van der Waals surface area contributed by atoms with E-state index < -0.39 is 0 Å². The summed E-state index contributed by atoms with van der Waals surface area (Å²) in [5.41, 5.74) is 1.13. The highest BCUT2D eigenvalue weighted by Gasteiger charge is 2.09. The molecule has 0 saturated carbocycles. The number of hydrogen-bond donors (Lipinski definition) is 0. The zero-order valence-corrected chi connectivity index (χ0v) is 11.5. The molecule has 0 aromatic heterocycles. The van der Waals surface area contributed by atoms with Crippen molar-refractivity contribution in [1.82, 2.24) is 0 Å². The van der Waals surface area contributed by atoms with Gasteiger partial charge in [0.05, 0.1) is 12.5 Å². The molecule has 2 rings (SSSR count). The van der Waals surface area contributed by atoms with E-state index in [1.807, 2.05) is 44.2 Å². The fourth-order valence-corrected chi connectivity index (χ4v) is 1.83. The van der Waals surface area contributed by atoms with Crippen LogP contribution in [0.25, 0.3) is 10.8 Å². The smallest absolute Gasteiger partial charge is 0.313 e. The van der Waals surface area contributed by atoms with Gasteiger partial charge in [-0.2, -0.15) is 0 Å². The minimum absolute atomic E-state index is 0.125. The lowest BCUT2D eigenvalue weighted by Gasteiger charge is -2.08. The second-order valence-electron chi connectivity index (χ2n) is 4.85. The maximum atomic E-state index is 11.5. The summed E-state index contributed by atoms with van der Waals surface area (Å²) in [5.74, 6) is 0.251. The Balaban J connectivity index is 2.26. The van der Waals surface area contributed by atoms with Crippen LogP contribution in [0.3, 0.4) is 0 Å². The number of fused-ring (bicyclic) bond motifs is 1. The van der Waals surface area contributed by atoms with Gasteiger partial charge in [-0.1, -0.05) is 32.0 Å². The van der Waals surface area contributed by atoms with Crippen molar-refractivity contribution in [3.8, 4) is 5.75 Å². The van der Waals surface area contributed by atoms with Gasteiger partial charge in [-0.25, -0.2) is 0 Å². The van der Waals surface area contributed by atoms with Gasteiger partial charge in [0.1, 0.15) is 5.75 Å². The lowest BCUT2D eigenvalue weighted by atomic mass is 10.1. The van der Waals surface area contributed by atoms with Crippen molar-refractivity contribution in [3.05, 3.63) is 42.0 Å². The van der Waals surface area contributed by atoms with Crippen LogP contribution in [0.2, 0.25) is 0 Å². The lowest BCUT2D eigenvalue weighted by molar-refractivity contribution is -0.137. The van der Waals surface area contributed by atoms with E-state index in [1.54, 1.807) is 7.11 Å². The number of methoxy groups -OCH3 is 1. The molecule has 2 aromatic carbocycles. The van der Waals surface area contributed by atoms with Crippen molar-refractivity contribution in [2.75, 3.05) is 7.11 Å². The van der Waals surface area contributed by atoms with Crippen molar-refractivity contribution in [1.29, 1.82) is 0 Å². The molecule has 0 saturated heterocycles. The second kappa shape index (κ2) is 5.85. The summed E-state index contributed by atoms with van der Waals surface area (Å²) >= 11 is 0. The molecule has 0 radical (unpaired) electrons. The van der Waals surface area contributed by atoms with Crippen LogP contribution in [0.5, 0.6) is 5.75 Å². The third-order valence-corrected chi connectivity index (χ3v) is 2.88. The Bertz CT molecular complexity index is 588. The Morgan fingerprint density at radius 1 is 1.11 bits per heavy atom. The highest BCUT2D eigenvalue weighted by Crippen LogP contribution is 2.23. The molecule has 0 amide bonds. The van der Waals surface area contributed by atoms with Crippen molar-refractivity contribution in [2.45, 2.75) is 20.5 Å². The van der Waals surface area contributed by atoms with Crippen LogP contribution in [0.1, 0.15) is 19.4 Å². The molecule has 0 N–H and O–H groups in total. The molecule has 0 unspecified atom stereocenters. The van der Waals surface area contributed by atoms with E-state index in [2.05, 4.69) is 6.07 Å². The van der Waals surface area contributed by atoms with E-state index in [0.717, 1.165) is 16.3 Å². The predicted octanol–water partition coefficient (Wildman–Crippen LogP) is 3.55. The summed E-state index contributed by atoms with van der Waals surface area (Å²) in [7, 11) is 1.68. The molecule has 3 heteroatoms. The molecule has 2 aromatic rings. The quantitative estimate of drug-likeness (QED) is 0.621. The van der Waals surface area contributed by atoms with Gasteiger partial charge in [-0.15, -0.1) is 0 Å². The third-order valence-electron chi connectivity index (χ3n) is 2.88. The van der Waals surface area contributed by atoms with E-state index in [-0.39, 0.29) is 11.9 Å². The lowest BCUT2D eigenvalue weighted by Crippen LogP contribution is -2.14. The van der Waals surface area contributed by atoms with Gasteiger partial charge in [0.2, 0.25) is 0 Å². The summed E-state index contributed by atoms with van der Waals surface area (Å²) < 4.78 is 10.4. The van der Waals surface area contributed by atoms with Crippen LogP contribution < -0.4 is 4.74 Å². The van der Waals surface area contributed by atoms with Crippen molar-refractivity contribution < 1.29 is 14.3 Å². The average molecular weight is 258 g/mol. The van der Waals surface area contributed by atoms with Crippen LogP contribution in [0, 0.1) is 5.92 Å². The second-order valence-corrected chi connectivity index (χ2v) is 4.85. The molecule has 0 atom stereocenters. The molecular formula is C16H18O3. The van der Waals surface area contributed by atoms with Crippen molar-refractivity contribution in [3.63, 3.8) is 0 Å². The number of hydrogen-bond acceptors (Lipinski definition) is 3. The topological polar surface area (TPSA) is 35.5 Å². The predicted molar refractivity (Wildman–Crippen MR) is 75.1 cm³/mol. The van der Waals surface area contributed by atoms with E-state index in [0.29, 0.717) is 12.4 Å². The fourth-order valence-electron chi connectivity index (χ4n) is 1.83. The first-order chi connectivity index (χ1) is 9.10. The molecule has 3 nitrogen and oxygen atoms in total. The summed E-state index contributed by atoms with van der Waals surface area (Å²) in [4.78, 5) is 11.5. The van der Waals surface area contributed by atoms with Crippen LogP contribution in [-0.4, -0.2) is 13.1 Å². The first-order valence-corrected chi connectivity index (χ1v) is 6.33. The van der Waals surface area contributed by atoms with Gasteiger partial charge in [0.25, 0.3) is 0 Å². The van der Waals surface area contributed by atoms with Crippen LogP contribution in [0.15, 0.2) is 36.4 Å². The molecule has 100 valence electrons. The largest absolute Gasteiger partial charge is 0.426 e. The molecule has 0 aliphatic heterocycles. The first kappa shape index (κ1) is 13.6. The summed E-state index contributed by atoms with van der Waals surface area (Å²) in [5, 5.41) is 2.16. The van der Waals surface area contributed by atoms with Gasteiger partial charge in [-0.3, -0.25) is 4.79 Å². The van der Waals surface area contributed by atoms with E-state index in [4.69, 9.17) is 9.47 Å². The highest BCUT2D eigenvalue weighted by molar-refractivity contribution is 5.85. The number of ether oxygens (including phenoxy) is 2. The third kappa shape index (κ3) is 3.32. The van der Waals surface area contributed by atoms with Crippen LogP contribution in [0.4, 0.5) is 0 Å². The number of esters is 1. The fraction of sp³-hybridized carbons (Fsp3) is 0.312. The SMILES string of the molecule is COCc1ccc2cc(OC(=O)C(C)C)ccc2c1. The van der Waals surface area contributed by atoms with E-state index in [1.165, 1.54) is 0 Å². The maximum Gasteiger partial charge on any atom is 0.313 e. The van der Waals surface area contributed by atoms with Crippen LogP contribution in [-0.2, 0) is 16.1 Å². The molecule has 0 aliphatic carbocycles. The Morgan fingerprint density at radius 2 is 1.79 bits per heavy atom. The molecule has 19 heavy (non-hydrogen) atoms. The standard InChI is InChI=1S/C16H18O3/c1-11(2)16(17)19-15-7-6-13-8-12(10-18-3)4-5-14(13)9-15/h4-9,11H,10H2,1-3H3. The molecule has 0 aliphatic rings. The minimum Gasteiger partial charge on any atom is -0.426 e. The summed E-state index contributed by atoms with van der Waals surface area (Å²) in [6.45, 7) is 4.24. The minimum atomic E-state index is -0.213. The van der Waals surface area contributed by atoms with Gasteiger partial charge < -0.3 is 9.47 Å². The number of carbonyl (C=O) groups excluding carboxylic acids is 1. The Kier molecular flexibility index (Phi) is 4.17. The molecule has 0 bridgehead atoms. The van der Waals surface area contributed by atoms with Gasteiger partial charge >= 0.3 is 5.97 Å². The number of rotatable bonds is 4. The van der Waals surface area contributed by atoms with Gasteiger partial charge in [0, 0.05) is 7.11 Å². The number of carbonyl (C=O) groups is 1. The average Bonchev–Trinajstić information content (AvgIpc) is 2.39. The summed E-state index contributed by atoms with van der Waals surface area (Å²) in [6.07, 6.45) is 0. The van der Waals surface area contributed by atoms with Crippen LogP contribution >= 0.6 is 0 Å². The summed E-state index contributed by atoms with van der Waals surface area (Å²) in [6, 6.07) is 11.8. The number of benzene rings is 2. The van der Waals surface area contributed by atoms with E-state index >= 15 is 0 Å². The van der Waals surface area contributed by atoms with E-state index in [9.17, 15) is 4.79 Å². The highest BCUT2D eigenvalue weighted by atomic mass is 16.5. The molecule has 0 heterocycles. The first-order valence-electron chi connectivity index (χ1n) is 6.33. The maximum absolute atomic E-state index is 11.5. The molecular weight excluding hydrogens is 240 g/mol. The van der Waals surface area contributed by atoms with Gasteiger partial charge in [0.15, 0.2) is 0 Å². The van der Waals surface area contributed by atoms with Crippen molar-refractivity contribution in [2.24, 2.45) is 5.92 Å². The van der Waals surface area contributed by atoms with Crippen molar-refractivity contribution >= 4 is 16.7 Å². The Hall–Kier alpha value is -1.87. The Morgan fingerprint density at radius 3 is 2.47 bits per heavy atom. The molecule has 0 spiro atoms. The molecule has 0 fully saturated rings. The monoisotopic (exact) mass is 258 g/mol. The zero-order valence-electron chi connectivity index (χ0n) is 11.5. The van der Waals surface area contributed by atoms with Gasteiger partial charge in [-0.05, 0) is 34.5 Å². The normalized spacial score (nSPS) is 10.9. The zero-order chi connectivity index (χ0) is 13.8. The Labute approximate surface area is 113 Å².